The number of aryl methyl sites for hydroxylation is 1. The van der Waals surface area contributed by atoms with E-state index in [0.717, 1.165) is 38.6 Å². The first-order valence-electron chi connectivity index (χ1n) is 10.9. The molecule has 0 atom stereocenters. The predicted octanol–water partition coefficient (Wildman–Crippen LogP) is 3.01. The Morgan fingerprint density at radius 3 is 2.50 bits per heavy atom. The molecular weight excluding hydrogens is 472 g/mol. The number of nitrogens with zero attached hydrogens (tertiary/aromatic N) is 3. The summed E-state index contributed by atoms with van der Waals surface area (Å²) in [6.45, 7) is 3.97. The van der Waals surface area contributed by atoms with Crippen molar-refractivity contribution in [3.8, 4) is 11.3 Å². The van der Waals surface area contributed by atoms with Crippen LogP contribution in [0.3, 0.4) is 0 Å². The third-order valence-corrected chi connectivity index (χ3v) is 8.75. The van der Waals surface area contributed by atoms with E-state index in [9.17, 15) is 18.0 Å². The zero-order valence-electron chi connectivity index (χ0n) is 19.0. The third-order valence-electron chi connectivity index (χ3n) is 6.16. The number of benzene rings is 2. The highest BCUT2D eigenvalue weighted by Crippen LogP contribution is 2.36. The third kappa shape index (κ3) is 4.02. The monoisotopic (exact) mass is 496 g/mol. The van der Waals surface area contributed by atoms with E-state index in [4.69, 9.17) is 0 Å². The summed E-state index contributed by atoms with van der Waals surface area (Å²) in [7, 11) is -2.39. The van der Waals surface area contributed by atoms with Crippen LogP contribution in [-0.4, -0.2) is 28.1 Å². The molecule has 1 saturated carbocycles. The highest BCUT2D eigenvalue weighted by molar-refractivity contribution is 7.89. The Labute approximate surface area is 200 Å². The van der Waals surface area contributed by atoms with Crippen LogP contribution in [0.2, 0.25) is 0 Å². The predicted molar refractivity (Wildman–Crippen MR) is 133 cm³/mol. The lowest BCUT2D eigenvalue weighted by atomic mass is 10.1. The van der Waals surface area contributed by atoms with Gasteiger partial charge in [-0.15, -0.1) is 11.3 Å². The average molecular weight is 497 g/mol. The first-order valence-corrected chi connectivity index (χ1v) is 13.2. The van der Waals surface area contributed by atoms with Crippen LogP contribution in [0.4, 0.5) is 0 Å². The van der Waals surface area contributed by atoms with Crippen LogP contribution in [0, 0.1) is 6.92 Å². The molecule has 0 unspecified atom stereocenters. The maximum atomic E-state index is 13.1. The zero-order valence-corrected chi connectivity index (χ0v) is 20.7. The van der Waals surface area contributed by atoms with Crippen LogP contribution < -0.4 is 16.0 Å². The van der Waals surface area contributed by atoms with Crippen LogP contribution in [0.5, 0.6) is 0 Å². The number of hydrogen-bond acceptors (Lipinski definition) is 6. The normalized spacial score (nSPS) is 15.0. The minimum absolute atomic E-state index is 0.00836. The Morgan fingerprint density at radius 1 is 1.12 bits per heavy atom. The van der Waals surface area contributed by atoms with E-state index < -0.39 is 26.8 Å². The van der Waals surface area contributed by atoms with Crippen molar-refractivity contribution >= 4 is 32.3 Å². The Kier molecular flexibility index (Phi) is 5.34. The molecule has 2 aromatic carbocycles. The molecule has 1 N–H and O–H groups in total. The van der Waals surface area contributed by atoms with Crippen molar-refractivity contribution in [2.24, 2.45) is 7.05 Å². The van der Waals surface area contributed by atoms with Crippen molar-refractivity contribution < 1.29 is 8.42 Å². The minimum atomic E-state index is -3.79. The molecule has 1 aliphatic carbocycles. The minimum Gasteiger partial charge on any atom is -0.288 e. The van der Waals surface area contributed by atoms with Gasteiger partial charge in [-0.25, -0.2) is 22.9 Å². The number of aromatic nitrogens is 3. The van der Waals surface area contributed by atoms with Crippen LogP contribution in [0.15, 0.2) is 63.0 Å². The van der Waals surface area contributed by atoms with Gasteiger partial charge in [0.05, 0.1) is 37.9 Å². The Hall–Kier alpha value is -3.08. The van der Waals surface area contributed by atoms with E-state index in [0.29, 0.717) is 5.52 Å². The van der Waals surface area contributed by atoms with Gasteiger partial charge in [0, 0.05) is 18.2 Å². The highest BCUT2D eigenvalue weighted by Gasteiger charge is 2.41. The number of sulfonamides is 1. The molecule has 0 aliphatic heterocycles. The molecule has 8 nitrogen and oxygen atoms in total. The topological polar surface area (TPSA) is 103 Å². The van der Waals surface area contributed by atoms with Crippen LogP contribution in [-0.2, 0) is 23.6 Å². The largest absolute Gasteiger partial charge is 0.331 e. The smallest absolute Gasteiger partial charge is 0.288 e. The maximum Gasteiger partial charge on any atom is 0.331 e. The summed E-state index contributed by atoms with van der Waals surface area (Å²) in [5.41, 5.74) is 0.677. The lowest BCUT2D eigenvalue weighted by Gasteiger charge is -2.15. The molecule has 1 fully saturated rings. The molecule has 0 saturated heterocycles. The number of rotatable bonds is 6. The molecule has 1 aliphatic rings. The van der Waals surface area contributed by atoms with Crippen molar-refractivity contribution in [1.29, 1.82) is 0 Å². The van der Waals surface area contributed by atoms with E-state index in [1.807, 2.05) is 44.2 Å². The summed E-state index contributed by atoms with van der Waals surface area (Å²) in [4.78, 5) is 31.6. The first-order chi connectivity index (χ1) is 16.1. The van der Waals surface area contributed by atoms with E-state index >= 15 is 0 Å². The summed E-state index contributed by atoms with van der Waals surface area (Å²) in [5, 5.41) is 1.04. The maximum absolute atomic E-state index is 13.1. The van der Waals surface area contributed by atoms with E-state index in [1.165, 1.54) is 41.2 Å². The van der Waals surface area contributed by atoms with Crippen LogP contribution >= 0.6 is 11.3 Å². The Morgan fingerprint density at radius 2 is 1.82 bits per heavy atom. The van der Waals surface area contributed by atoms with Gasteiger partial charge in [0.2, 0.25) is 10.0 Å². The zero-order chi connectivity index (χ0) is 24.3. The lowest BCUT2D eigenvalue weighted by molar-refractivity contribution is 0.558. The number of nitrogens with one attached hydrogen (secondary N) is 1. The molecule has 0 amide bonds. The quantitative estimate of drug-likeness (QED) is 0.442. The first kappa shape index (κ1) is 22.7. The highest BCUT2D eigenvalue weighted by atomic mass is 32.2. The second-order valence-corrected chi connectivity index (χ2v) is 11.9. The molecule has 5 rings (SSSR count). The fourth-order valence-corrected chi connectivity index (χ4v) is 6.45. The summed E-state index contributed by atoms with van der Waals surface area (Å²) in [6, 6.07) is 14.1. The Bertz CT molecular complexity index is 1650. The fraction of sp³-hybridized carbons (Fsp3) is 0.292. The van der Waals surface area contributed by atoms with Gasteiger partial charge in [0.1, 0.15) is 0 Å². The van der Waals surface area contributed by atoms with Crippen molar-refractivity contribution in [1.82, 2.24) is 18.8 Å². The SMILES string of the molecule is Cc1nc(-c2ccccc2)c(Cn2c(=O)n(C)c(=O)c3cc(S(=O)(=O)NC4(C)CC4)ccc32)s1. The molecule has 0 spiro atoms. The van der Waals surface area contributed by atoms with Crippen molar-refractivity contribution in [3.63, 3.8) is 0 Å². The molecular formula is C24H24N4O4S2. The summed E-state index contributed by atoms with van der Waals surface area (Å²) < 4.78 is 31.0. The fourth-order valence-electron chi connectivity index (χ4n) is 4.01. The van der Waals surface area contributed by atoms with E-state index in [2.05, 4.69) is 9.71 Å². The summed E-state index contributed by atoms with van der Waals surface area (Å²) in [6.07, 6.45) is 1.55. The standard InChI is InChI=1S/C24H24N4O4S2/c1-15-25-21(16-7-5-4-6-8-16)20(33-15)14-28-19-10-9-17(34(31,32)26-24(2)11-12-24)13-18(19)22(29)27(3)23(28)30/h4-10,13,26H,11-12,14H2,1-3H3. The van der Waals surface area contributed by atoms with Gasteiger partial charge in [-0.1, -0.05) is 30.3 Å². The summed E-state index contributed by atoms with van der Waals surface area (Å²) >= 11 is 1.49. The molecule has 4 aromatic rings. The van der Waals surface area contributed by atoms with Crippen molar-refractivity contribution in [3.05, 3.63) is 79.3 Å². The number of fused-ring (bicyclic) bond motifs is 1. The molecule has 0 radical (unpaired) electrons. The van der Waals surface area contributed by atoms with Crippen molar-refractivity contribution in [2.75, 3.05) is 0 Å². The number of thiazole rings is 1. The van der Waals surface area contributed by atoms with Gasteiger partial charge in [-0.3, -0.25) is 13.9 Å². The number of hydrogen-bond donors (Lipinski definition) is 1. The second-order valence-electron chi connectivity index (χ2n) is 8.95. The van der Waals surface area contributed by atoms with Gasteiger partial charge in [-0.05, 0) is 44.9 Å². The molecule has 2 aromatic heterocycles. The van der Waals surface area contributed by atoms with Crippen LogP contribution in [0.25, 0.3) is 22.2 Å². The second kappa shape index (κ2) is 8.00. The average Bonchev–Trinajstić information content (AvgIpc) is 3.41. The van der Waals surface area contributed by atoms with Gasteiger partial charge in [0.15, 0.2) is 0 Å². The lowest BCUT2D eigenvalue weighted by Crippen LogP contribution is -2.38. The van der Waals surface area contributed by atoms with Crippen molar-refractivity contribution in [2.45, 2.75) is 43.7 Å². The summed E-state index contributed by atoms with van der Waals surface area (Å²) in [5.74, 6) is 0. The van der Waals surface area contributed by atoms with Gasteiger partial charge in [-0.2, -0.15) is 0 Å². The Balaban J connectivity index is 1.65. The van der Waals surface area contributed by atoms with Gasteiger partial charge >= 0.3 is 5.69 Å². The molecule has 176 valence electrons. The van der Waals surface area contributed by atoms with Gasteiger partial charge in [0.25, 0.3) is 5.56 Å². The van der Waals surface area contributed by atoms with E-state index in [1.54, 1.807) is 0 Å². The van der Waals surface area contributed by atoms with Crippen LogP contribution in [0.1, 0.15) is 29.7 Å². The van der Waals surface area contributed by atoms with E-state index in [-0.39, 0.29) is 16.8 Å². The van der Waals surface area contributed by atoms with Gasteiger partial charge < -0.3 is 0 Å². The molecule has 0 bridgehead atoms. The molecule has 34 heavy (non-hydrogen) atoms. The molecule has 2 heterocycles. The molecule has 10 heteroatoms.